The Kier molecular flexibility index (Phi) is 4.09. The van der Waals surface area contributed by atoms with E-state index in [-0.39, 0.29) is 5.91 Å². The lowest BCUT2D eigenvalue weighted by Crippen LogP contribution is -2.34. The molecule has 3 aromatic rings. The second-order valence-electron chi connectivity index (χ2n) is 6.39. The third-order valence-electron chi connectivity index (χ3n) is 4.58. The van der Waals surface area contributed by atoms with Crippen LogP contribution in [-0.4, -0.2) is 32.1 Å². The van der Waals surface area contributed by atoms with Gasteiger partial charge in [-0.2, -0.15) is 0 Å². The summed E-state index contributed by atoms with van der Waals surface area (Å²) in [4.78, 5) is 13.8. The van der Waals surface area contributed by atoms with Gasteiger partial charge in [0.05, 0.1) is 0 Å². The first-order chi connectivity index (χ1) is 12.2. The molecule has 25 heavy (non-hydrogen) atoms. The highest BCUT2D eigenvalue weighted by Gasteiger charge is 2.18. The van der Waals surface area contributed by atoms with Crippen LogP contribution < -0.4 is 0 Å². The molecule has 1 fully saturated rings. The second-order valence-corrected chi connectivity index (χ2v) is 6.39. The fraction of sp³-hybridized carbons (Fsp3) is 0.316. The first-order valence-electron chi connectivity index (χ1n) is 8.53. The number of carbonyl (C=O) groups is 1. The van der Waals surface area contributed by atoms with Gasteiger partial charge >= 0.3 is 0 Å². The zero-order valence-electron chi connectivity index (χ0n) is 14.2. The van der Waals surface area contributed by atoms with Crippen LogP contribution in [0, 0.1) is 0 Å². The van der Waals surface area contributed by atoms with E-state index in [4.69, 9.17) is 4.42 Å². The van der Waals surface area contributed by atoms with Crippen LogP contribution in [0.5, 0.6) is 0 Å². The first kappa shape index (κ1) is 15.6. The minimum absolute atomic E-state index is 0.249. The van der Waals surface area contributed by atoms with Crippen molar-refractivity contribution in [3.63, 3.8) is 0 Å². The summed E-state index contributed by atoms with van der Waals surface area (Å²) in [7, 11) is 1.94. The Balaban J connectivity index is 1.50. The Hall–Kier alpha value is -2.89. The lowest BCUT2D eigenvalue weighted by atomic mass is 10.1. The molecule has 1 saturated heterocycles. The smallest absolute Gasteiger partial charge is 0.264 e. The molecular formula is C19H20N4O2. The largest absolute Gasteiger partial charge is 0.415 e. The molecule has 6 nitrogen and oxygen atoms in total. The first-order valence-corrected chi connectivity index (χ1v) is 8.53. The second kappa shape index (κ2) is 6.55. The van der Waals surface area contributed by atoms with Crippen LogP contribution in [0.25, 0.3) is 23.0 Å². The summed E-state index contributed by atoms with van der Waals surface area (Å²) < 4.78 is 7.73. The van der Waals surface area contributed by atoms with Crippen LogP contribution in [0.1, 0.15) is 24.8 Å². The number of benzene rings is 1. The Morgan fingerprint density at radius 2 is 1.88 bits per heavy atom. The van der Waals surface area contributed by atoms with Crippen molar-refractivity contribution in [1.82, 2.24) is 19.7 Å². The summed E-state index contributed by atoms with van der Waals surface area (Å²) in [5.74, 6) is 1.25. The normalized spacial score (nSPS) is 14.9. The third kappa shape index (κ3) is 3.20. The maximum Gasteiger partial charge on any atom is 0.264 e. The third-order valence-corrected chi connectivity index (χ3v) is 4.58. The molecule has 3 heterocycles. The Bertz CT molecular complexity index is 879. The van der Waals surface area contributed by atoms with Gasteiger partial charge in [0.25, 0.3) is 5.89 Å². The van der Waals surface area contributed by atoms with E-state index in [1.54, 1.807) is 0 Å². The molecule has 0 spiro atoms. The summed E-state index contributed by atoms with van der Waals surface area (Å²) in [6.45, 7) is 1.52. The maximum atomic E-state index is 11.9. The highest BCUT2D eigenvalue weighted by atomic mass is 16.4. The van der Waals surface area contributed by atoms with Crippen LogP contribution in [0.15, 0.2) is 47.0 Å². The summed E-state index contributed by atoms with van der Waals surface area (Å²) >= 11 is 0. The number of amides is 1. The topological polar surface area (TPSA) is 64.2 Å². The van der Waals surface area contributed by atoms with E-state index < -0.39 is 0 Å². The zero-order chi connectivity index (χ0) is 17.2. The lowest BCUT2D eigenvalue weighted by Gasteiger charge is -2.26. The van der Waals surface area contributed by atoms with E-state index in [2.05, 4.69) is 10.2 Å². The SMILES string of the molecule is Cn1cccc1-c1nnc(-c2ccc(CN3CCCCC3=O)cc2)o1. The number of piperidine rings is 1. The van der Waals surface area contributed by atoms with Crippen molar-refractivity contribution >= 4 is 5.91 Å². The van der Waals surface area contributed by atoms with Gasteiger partial charge in [-0.3, -0.25) is 4.79 Å². The monoisotopic (exact) mass is 336 g/mol. The van der Waals surface area contributed by atoms with E-state index in [1.165, 1.54) is 0 Å². The van der Waals surface area contributed by atoms with Crippen LogP contribution in [0.2, 0.25) is 0 Å². The molecule has 6 heteroatoms. The summed E-state index contributed by atoms with van der Waals surface area (Å²) in [6, 6.07) is 11.8. The van der Waals surface area contributed by atoms with E-state index in [9.17, 15) is 4.79 Å². The molecule has 1 amide bonds. The number of carbonyl (C=O) groups excluding carboxylic acids is 1. The zero-order valence-corrected chi connectivity index (χ0v) is 14.2. The van der Waals surface area contributed by atoms with Crippen molar-refractivity contribution in [2.75, 3.05) is 6.54 Å². The molecule has 1 aromatic carbocycles. The van der Waals surface area contributed by atoms with Crippen molar-refractivity contribution < 1.29 is 9.21 Å². The van der Waals surface area contributed by atoms with Crippen molar-refractivity contribution in [2.45, 2.75) is 25.8 Å². The predicted octanol–water partition coefficient (Wildman–Crippen LogP) is 3.25. The summed E-state index contributed by atoms with van der Waals surface area (Å²) in [5.41, 5.74) is 2.88. The Morgan fingerprint density at radius 1 is 1.08 bits per heavy atom. The van der Waals surface area contributed by atoms with E-state index in [0.29, 0.717) is 24.7 Å². The van der Waals surface area contributed by atoms with Crippen molar-refractivity contribution in [3.8, 4) is 23.0 Å². The quantitative estimate of drug-likeness (QED) is 0.733. The molecule has 0 radical (unpaired) electrons. The Morgan fingerprint density at radius 3 is 2.60 bits per heavy atom. The highest BCUT2D eigenvalue weighted by Crippen LogP contribution is 2.24. The number of nitrogens with zero attached hydrogens (tertiary/aromatic N) is 4. The summed E-state index contributed by atoms with van der Waals surface area (Å²) in [6.07, 6.45) is 4.71. The van der Waals surface area contributed by atoms with Crippen molar-refractivity contribution in [1.29, 1.82) is 0 Å². The van der Waals surface area contributed by atoms with Gasteiger partial charge in [0.2, 0.25) is 11.8 Å². The molecule has 0 aliphatic carbocycles. The maximum absolute atomic E-state index is 11.9. The number of hydrogen-bond acceptors (Lipinski definition) is 4. The van der Waals surface area contributed by atoms with Gasteiger partial charge in [0.1, 0.15) is 5.69 Å². The molecule has 0 saturated carbocycles. The number of likely N-dealkylation sites (tertiary alicyclic amines) is 1. The van der Waals surface area contributed by atoms with Gasteiger partial charge in [-0.15, -0.1) is 10.2 Å². The predicted molar refractivity (Wildman–Crippen MR) is 93.4 cm³/mol. The number of aryl methyl sites for hydroxylation is 1. The van der Waals surface area contributed by atoms with Gasteiger partial charge in [0.15, 0.2) is 0 Å². The minimum Gasteiger partial charge on any atom is -0.415 e. The molecule has 1 aliphatic rings. The number of rotatable bonds is 4. The van der Waals surface area contributed by atoms with Gasteiger partial charge in [-0.1, -0.05) is 12.1 Å². The molecule has 4 rings (SSSR count). The number of aromatic nitrogens is 3. The highest BCUT2D eigenvalue weighted by molar-refractivity contribution is 5.76. The molecule has 0 bridgehead atoms. The van der Waals surface area contributed by atoms with Gasteiger partial charge in [-0.25, -0.2) is 0 Å². The molecule has 0 N–H and O–H groups in total. The average Bonchev–Trinajstić information content (AvgIpc) is 3.26. The van der Waals surface area contributed by atoms with Crippen molar-refractivity contribution in [2.24, 2.45) is 7.05 Å². The molecule has 1 aliphatic heterocycles. The van der Waals surface area contributed by atoms with E-state index >= 15 is 0 Å². The van der Waals surface area contributed by atoms with Gasteiger partial charge < -0.3 is 13.9 Å². The summed E-state index contributed by atoms with van der Waals surface area (Å²) in [5, 5.41) is 8.28. The molecule has 0 unspecified atom stereocenters. The molecule has 128 valence electrons. The standard InChI is InChI=1S/C19H20N4O2/c1-22-11-4-5-16(22)19-21-20-18(25-19)15-9-7-14(8-10-15)13-23-12-3-2-6-17(23)24/h4-5,7-11H,2-3,6,12-13H2,1H3. The molecule has 0 atom stereocenters. The lowest BCUT2D eigenvalue weighted by molar-refractivity contribution is -0.133. The van der Waals surface area contributed by atoms with Crippen LogP contribution in [0.4, 0.5) is 0 Å². The fourth-order valence-corrected chi connectivity index (χ4v) is 3.13. The van der Waals surface area contributed by atoms with Gasteiger partial charge in [-0.05, 0) is 42.7 Å². The molecular weight excluding hydrogens is 316 g/mol. The van der Waals surface area contributed by atoms with Crippen molar-refractivity contribution in [3.05, 3.63) is 48.2 Å². The molecule has 2 aromatic heterocycles. The van der Waals surface area contributed by atoms with E-state index in [1.807, 2.05) is 59.1 Å². The minimum atomic E-state index is 0.249. The van der Waals surface area contributed by atoms with Crippen LogP contribution in [0.3, 0.4) is 0 Å². The van der Waals surface area contributed by atoms with Gasteiger partial charge in [0, 0.05) is 38.3 Å². The van der Waals surface area contributed by atoms with Crippen LogP contribution in [-0.2, 0) is 18.4 Å². The van der Waals surface area contributed by atoms with E-state index in [0.717, 1.165) is 36.2 Å². The average molecular weight is 336 g/mol. The fourth-order valence-electron chi connectivity index (χ4n) is 3.13. The van der Waals surface area contributed by atoms with Crippen LogP contribution >= 0.6 is 0 Å². The number of hydrogen-bond donors (Lipinski definition) is 0. The Labute approximate surface area is 146 Å².